The normalized spacial score (nSPS) is 13.2. The zero-order chi connectivity index (χ0) is 11.1. The fraction of sp³-hybridized carbons (Fsp3) is 0.778. The number of carboxylic acids is 1. The van der Waals surface area contributed by atoms with Crippen LogP contribution in [0.3, 0.4) is 0 Å². The smallest absolute Gasteiger partial charge is 0.319 e. The molecule has 14 heavy (non-hydrogen) atoms. The molecular weight excluding hydrogens is 184 g/mol. The van der Waals surface area contributed by atoms with Gasteiger partial charge in [0.15, 0.2) is 0 Å². The number of rotatable bonds is 7. The van der Waals surface area contributed by atoms with Crippen molar-refractivity contribution in [3.05, 3.63) is 0 Å². The minimum absolute atomic E-state index is 0.123. The number of likely N-dealkylation sites (N-methyl/N-ethyl adjacent to an activating group) is 1. The van der Waals surface area contributed by atoms with E-state index in [1.807, 2.05) is 13.8 Å². The summed E-state index contributed by atoms with van der Waals surface area (Å²) >= 11 is 0. The summed E-state index contributed by atoms with van der Waals surface area (Å²) in [5.74, 6) is -0.523. The predicted octanol–water partition coefficient (Wildman–Crippen LogP) is 0.121. The second kappa shape index (κ2) is 6.50. The van der Waals surface area contributed by atoms with Crippen LogP contribution in [0.15, 0.2) is 0 Å². The maximum absolute atomic E-state index is 10.6. The number of carboxylic acid groups (broad SMARTS) is 1. The van der Waals surface area contributed by atoms with Crippen molar-refractivity contribution in [1.82, 2.24) is 10.4 Å². The van der Waals surface area contributed by atoms with Gasteiger partial charge in [0.2, 0.25) is 0 Å². The highest BCUT2D eigenvalue weighted by Crippen LogP contribution is 2.02. The Kier molecular flexibility index (Phi) is 6.07. The van der Waals surface area contributed by atoms with Crippen LogP contribution in [0.25, 0.3) is 0 Å². The number of aldehydes is 1. The lowest BCUT2D eigenvalue weighted by Crippen LogP contribution is -2.45. The molecule has 0 aromatic carbocycles. The standard InChI is InChI=1S/C9H18N2O3/c1-7(2)4-8(6-12)10-11(3)5-9(13)14/h6-8,10H,4-5H2,1-3H3,(H,13,14)/t8-/m0/s1. The third kappa shape index (κ3) is 6.56. The molecule has 0 saturated carbocycles. The summed E-state index contributed by atoms with van der Waals surface area (Å²) in [6.45, 7) is 3.90. The quantitative estimate of drug-likeness (QED) is 0.453. The van der Waals surface area contributed by atoms with Gasteiger partial charge in [-0.05, 0) is 12.3 Å². The number of carbonyl (C=O) groups excluding carboxylic acids is 1. The molecule has 2 N–H and O–H groups in total. The summed E-state index contributed by atoms with van der Waals surface area (Å²) in [5, 5.41) is 9.89. The molecule has 0 radical (unpaired) electrons. The molecule has 0 rings (SSSR count). The number of hydrogen-bond acceptors (Lipinski definition) is 4. The average Bonchev–Trinajstić information content (AvgIpc) is 2.00. The van der Waals surface area contributed by atoms with Gasteiger partial charge in [-0.25, -0.2) is 10.4 Å². The number of hydrogen-bond donors (Lipinski definition) is 2. The molecule has 5 nitrogen and oxygen atoms in total. The Labute approximate surface area is 84.1 Å². The highest BCUT2D eigenvalue weighted by Gasteiger charge is 2.12. The van der Waals surface area contributed by atoms with E-state index in [-0.39, 0.29) is 12.6 Å². The van der Waals surface area contributed by atoms with Crippen LogP contribution in [0.2, 0.25) is 0 Å². The third-order valence-electron chi connectivity index (χ3n) is 1.65. The second-order valence-corrected chi connectivity index (χ2v) is 3.75. The van der Waals surface area contributed by atoms with Crippen molar-refractivity contribution >= 4 is 12.3 Å². The van der Waals surface area contributed by atoms with Crippen LogP contribution in [-0.2, 0) is 9.59 Å². The summed E-state index contributed by atoms with van der Waals surface area (Å²) in [5.41, 5.74) is 2.81. The highest BCUT2D eigenvalue weighted by atomic mass is 16.4. The summed E-state index contributed by atoms with van der Waals surface area (Å²) in [6, 6.07) is -0.306. The van der Waals surface area contributed by atoms with Crippen molar-refractivity contribution in [2.75, 3.05) is 13.6 Å². The van der Waals surface area contributed by atoms with Crippen molar-refractivity contribution in [3.63, 3.8) is 0 Å². The Balaban J connectivity index is 3.91. The Morgan fingerprint density at radius 3 is 2.50 bits per heavy atom. The van der Waals surface area contributed by atoms with Gasteiger partial charge < -0.3 is 9.90 Å². The molecule has 0 amide bonds. The summed E-state index contributed by atoms with van der Waals surface area (Å²) in [4.78, 5) is 21.0. The average molecular weight is 202 g/mol. The molecule has 0 bridgehead atoms. The van der Waals surface area contributed by atoms with Gasteiger partial charge in [-0.15, -0.1) is 0 Å². The molecule has 82 valence electrons. The van der Waals surface area contributed by atoms with Gasteiger partial charge in [-0.2, -0.15) is 0 Å². The Bertz CT molecular complexity index is 194. The van der Waals surface area contributed by atoms with E-state index >= 15 is 0 Å². The maximum Gasteiger partial charge on any atom is 0.319 e. The fourth-order valence-corrected chi connectivity index (χ4v) is 1.18. The first-order valence-corrected chi connectivity index (χ1v) is 4.60. The minimum Gasteiger partial charge on any atom is -0.480 e. The first kappa shape index (κ1) is 13.1. The van der Waals surface area contributed by atoms with Crippen molar-refractivity contribution < 1.29 is 14.7 Å². The Hall–Kier alpha value is -0.940. The Morgan fingerprint density at radius 1 is 1.57 bits per heavy atom. The first-order valence-electron chi connectivity index (χ1n) is 4.60. The molecule has 1 atom stereocenters. The highest BCUT2D eigenvalue weighted by molar-refractivity contribution is 5.69. The lowest BCUT2D eigenvalue weighted by atomic mass is 10.1. The molecule has 0 spiro atoms. The lowest BCUT2D eigenvalue weighted by Gasteiger charge is -2.21. The van der Waals surface area contributed by atoms with Crippen molar-refractivity contribution in [3.8, 4) is 0 Å². The largest absolute Gasteiger partial charge is 0.480 e. The number of nitrogens with zero attached hydrogens (tertiary/aromatic N) is 1. The number of nitrogens with one attached hydrogen (secondary N) is 1. The number of aliphatic carboxylic acids is 1. The molecular formula is C9H18N2O3. The van der Waals surface area contributed by atoms with Crippen molar-refractivity contribution in [2.45, 2.75) is 26.3 Å². The topological polar surface area (TPSA) is 69.6 Å². The van der Waals surface area contributed by atoms with Gasteiger partial charge in [0.25, 0.3) is 0 Å². The monoisotopic (exact) mass is 202 g/mol. The molecule has 5 heteroatoms. The molecule has 0 heterocycles. The zero-order valence-corrected chi connectivity index (χ0v) is 8.86. The summed E-state index contributed by atoms with van der Waals surface area (Å²) in [6.07, 6.45) is 1.51. The van der Waals surface area contributed by atoms with E-state index in [2.05, 4.69) is 5.43 Å². The van der Waals surface area contributed by atoms with E-state index in [9.17, 15) is 9.59 Å². The molecule has 0 aromatic rings. The van der Waals surface area contributed by atoms with Crippen LogP contribution in [0, 0.1) is 5.92 Å². The Morgan fingerprint density at radius 2 is 2.14 bits per heavy atom. The van der Waals surface area contributed by atoms with E-state index < -0.39 is 5.97 Å². The molecule has 0 saturated heterocycles. The fourth-order valence-electron chi connectivity index (χ4n) is 1.18. The number of carbonyl (C=O) groups is 2. The van der Waals surface area contributed by atoms with Crippen LogP contribution in [0.1, 0.15) is 20.3 Å². The van der Waals surface area contributed by atoms with Crippen LogP contribution in [0.5, 0.6) is 0 Å². The molecule has 0 aliphatic rings. The molecule has 0 aliphatic carbocycles. The second-order valence-electron chi connectivity index (χ2n) is 3.75. The first-order chi connectivity index (χ1) is 6.45. The summed E-state index contributed by atoms with van der Waals surface area (Å²) in [7, 11) is 1.60. The zero-order valence-electron chi connectivity index (χ0n) is 8.86. The van der Waals surface area contributed by atoms with Crippen molar-refractivity contribution in [1.29, 1.82) is 0 Å². The minimum atomic E-state index is -0.922. The van der Waals surface area contributed by atoms with Gasteiger partial charge in [0.05, 0.1) is 6.04 Å². The van der Waals surface area contributed by atoms with E-state index in [4.69, 9.17) is 5.11 Å². The molecule has 0 aromatic heterocycles. The van der Waals surface area contributed by atoms with Gasteiger partial charge in [-0.1, -0.05) is 13.8 Å². The van der Waals surface area contributed by atoms with E-state index in [0.29, 0.717) is 12.3 Å². The van der Waals surface area contributed by atoms with E-state index in [0.717, 1.165) is 6.29 Å². The van der Waals surface area contributed by atoms with Crippen LogP contribution >= 0.6 is 0 Å². The van der Waals surface area contributed by atoms with Gasteiger partial charge in [-0.3, -0.25) is 4.79 Å². The van der Waals surface area contributed by atoms with Crippen LogP contribution < -0.4 is 5.43 Å². The number of hydrazine groups is 1. The van der Waals surface area contributed by atoms with Gasteiger partial charge in [0.1, 0.15) is 12.8 Å². The SMILES string of the molecule is CC(C)C[C@@H](C=O)NN(C)CC(=O)O. The predicted molar refractivity (Wildman–Crippen MR) is 52.7 cm³/mol. The molecule has 0 aliphatic heterocycles. The van der Waals surface area contributed by atoms with Crippen LogP contribution in [0.4, 0.5) is 0 Å². The molecule has 0 fully saturated rings. The molecule has 0 unspecified atom stereocenters. The third-order valence-corrected chi connectivity index (χ3v) is 1.65. The van der Waals surface area contributed by atoms with Crippen molar-refractivity contribution in [2.24, 2.45) is 5.92 Å². The van der Waals surface area contributed by atoms with E-state index in [1.165, 1.54) is 5.01 Å². The van der Waals surface area contributed by atoms with E-state index in [1.54, 1.807) is 7.05 Å². The van der Waals surface area contributed by atoms with Gasteiger partial charge >= 0.3 is 5.97 Å². The lowest BCUT2D eigenvalue weighted by molar-refractivity contribution is -0.139. The maximum atomic E-state index is 10.6. The van der Waals surface area contributed by atoms with Crippen LogP contribution in [-0.4, -0.2) is 42.0 Å². The van der Waals surface area contributed by atoms with Gasteiger partial charge in [0, 0.05) is 7.05 Å². The summed E-state index contributed by atoms with van der Waals surface area (Å²) < 4.78 is 0.